The molecule has 2 rings (SSSR count). The van der Waals surface area contributed by atoms with Crippen LogP contribution >= 0.6 is 0 Å². The van der Waals surface area contributed by atoms with Gasteiger partial charge in [-0.1, -0.05) is 0 Å². The van der Waals surface area contributed by atoms with Crippen molar-refractivity contribution in [3.05, 3.63) is 11.4 Å². The lowest BCUT2D eigenvalue weighted by Gasteiger charge is -2.31. The number of amides is 1. The molecule has 6 nitrogen and oxygen atoms in total. The Morgan fingerprint density at radius 3 is 2.83 bits per heavy atom. The van der Waals surface area contributed by atoms with E-state index >= 15 is 0 Å². The predicted molar refractivity (Wildman–Crippen MR) is 68.3 cm³/mol. The number of methoxy groups -OCH3 is 1. The summed E-state index contributed by atoms with van der Waals surface area (Å²) >= 11 is 0. The van der Waals surface area contributed by atoms with Crippen LogP contribution in [0.15, 0.2) is 0 Å². The molecule has 1 unspecified atom stereocenters. The van der Waals surface area contributed by atoms with Crippen molar-refractivity contribution in [2.75, 3.05) is 25.9 Å². The largest absolute Gasteiger partial charge is 0.395 e. The summed E-state index contributed by atoms with van der Waals surface area (Å²) in [6, 6.07) is 0. The first kappa shape index (κ1) is 12.9. The highest BCUT2D eigenvalue weighted by molar-refractivity contribution is 5.98. The lowest BCUT2D eigenvalue weighted by atomic mass is 10.1. The SMILES string of the molecule is COC1CCCN(C(=O)c2c(N)c(C)nn2C)C1. The normalized spacial score (nSPS) is 20.2. The van der Waals surface area contributed by atoms with Crippen LogP contribution in [-0.4, -0.2) is 46.9 Å². The number of likely N-dealkylation sites (tertiary alicyclic amines) is 1. The van der Waals surface area contributed by atoms with Crippen LogP contribution in [-0.2, 0) is 11.8 Å². The van der Waals surface area contributed by atoms with Crippen molar-refractivity contribution in [3.63, 3.8) is 0 Å². The first-order valence-corrected chi connectivity index (χ1v) is 6.15. The van der Waals surface area contributed by atoms with E-state index in [2.05, 4.69) is 5.10 Å². The molecule has 1 aromatic rings. The Labute approximate surface area is 107 Å². The summed E-state index contributed by atoms with van der Waals surface area (Å²) in [6.45, 7) is 3.18. The molecule has 2 N–H and O–H groups in total. The second-order valence-electron chi connectivity index (χ2n) is 4.72. The van der Waals surface area contributed by atoms with Gasteiger partial charge in [0.25, 0.3) is 5.91 Å². The molecule has 6 heteroatoms. The molecule has 0 bridgehead atoms. The Hall–Kier alpha value is -1.56. The van der Waals surface area contributed by atoms with E-state index in [1.165, 1.54) is 0 Å². The Bertz CT molecular complexity index is 455. The molecule has 0 aliphatic carbocycles. The van der Waals surface area contributed by atoms with Crippen LogP contribution in [0.1, 0.15) is 29.0 Å². The van der Waals surface area contributed by atoms with Crippen molar-refractivity contribution in [2.24, 2.45) is 7.05 Å². The summed E-state index contributed by atoms with van der Waals surface area (Å²) in [5, 5.41) is 4.18. The number of anilines is 1. The molecule has 1 amide bonds. The summed E-state index contributed by atoms with van der Waals surface area (Å²) in [5.74, 6) is -0.0580. The number of carbonyl (C=O) groups excluding carboxylic acids is 1. The summed E-state index contributed by atoms with van der Waals surface area (Å²) in [7, 11) is 3.43. The molecule has 18 heavy (non-hydrogen) atoms. The summed E-state index contributed by atoms with van der Waals surface area (Å²) in [6.07, 6.45) is 2.08. The monoisotopic (exact) mass is 252 g/mol. The number of rotatable bonds is 2. The number of nitrogens with zero attached hydrogens (tertiary/aromatic N) is 3. The summed E-state index contributed by atoms with van der Waals surface area (Å²) < 4.78 is 6.88. The molecular weight excluding hydrogens is 232 g/mol. The number of aryl methyl sites for hydroxylation is 2. The topological polar surface area (TPSA) is 73.4 Å². The highest BCUT2D eigenvalue weighted by Gasteiger charge is 2.28. The van der Waals surface area contributed by atoms with Gasteiger partial charge >= 0.3 is 0 Å². The van der Waals surface area contributed by atoms with Gasteiger partial charge in [0.15, 0.2) is 0 Å². The van der Waals surface area contributed by atoms with Gasteiger partial charge in [-0.05, 0) is 19.8 Å². The third-order valence-corrected chi connectivity index (χ3v) is 3.47. The van der Waals surface area contributed by atoms with Crippen molar-refractivity contribution in [1.29, 1.82) is 0 Å². The Morgan fingerprint density at radius 2 is 2.28 bits per heavy atom. The minimum atomic E-state index is -0.0580. The highest BCUT2D eigenvalue weighted by atomic mass is 16.5. The molecule has 0 radical (unpaired) electrons. The fourth-order valence-electron chi connectivity index (χ4n) is 2.39. The molecule has 1 fully saturated rings. The van der Waals surface area contributed by atoms with Gasteiger partial charge in [-0.25, -0.2) is 0 Å². The van der Waals surface area contributed by atoms with Crippen LogP contribution in [0.25, 0.3) is 0 Å². The first-order chi connectivity index (χ1) is 8.54. The number of nitrogen functional groups attached to an aromatic ring is 1. The van der Waals surface area contributed by atoms with Crippen molar-refractivity contribution in [3.8, 4) is 0 Å². The average molecular weight is 252 g/mol. The number of ether oxygens (including phenoxy) is 1. The number of hydrogen-bond donors (Lipinski definition) is 1. The maximum Gasteiger partial charge on any atom is 0.274 e. The maximum atomic E-state index is 12.4. The van der Waals surface area contributed by atoms with Gasteiger partial charge in [-0.3, -0.25) is 9.48 Å². The molecule has 0 aromatic carbocycles. The van der Waals surface area contributed by atoms with Gasteiger partial charge < -0.3 is 15.4 Å². The summed E-state index contributed by atoms with van der Waals surface area (Å²) in [5.41, 5.74) is 7.56. The number of piperidine rings is 1. The van der Waals surface area contributed by atoms with Crippen molar-refractivity contribution < 1.29 is 9.53 Å². The molecular formula is C12H20N4O2. The van der Waals surface area contributed by atoms with Gasteiger partial charge in [-0.15, -0.1) is 0 Å². The van der Waals surface area contributed by atoms with Crippen molar-refractivity contribution in [1.82, 2.24) is 14.7 Å². The van der Waals surface area contributed by atoms with Crippen LogP contribution in [0.2, 0.25) is 0 Å². The van der Waals surface area contributed by atoms with Crippen LogP contribution in [0, 0.1) is 6.92 Å². The molecule has 1 aromatic heterocycles. The van der Waals surface area contributed by atoms with E-state index in [4.69, 9.17) is 10.5 Å². The Morgan fingerprint density at radius 1 is 1.56 bits per heavy atom. The third-order valence-electron chi connectivity index (χ3n) is 3.47. The molecule has 1 atom stereocenters. The highest BCUT2D eigenvalue weighted by Crippen LogP contribution is 2.20. The average Bonchev–Trinajstić information content (AvgIpc) is 2.62. The second kappa shape index (κ2) is 4.97. The molecule has 1 aliphatic rings. The molecule has 100 valence electrons. The van der Waals surface area contributed by atoms with Gasteiger partial charge in [0.05, 0.1) is 17.5 Å². The molecule has 0 spiro atoms. The van der Waals surface area contributed by atoms with E-state index in [1.807, 2.05) is 0 Å². The number of hydrogen-bond acceptors (Lipinski definition) is 4. The second-order valence-corrected chi connectivity index (χ2v) is 4.72. The smallest absolute Gasteiger partial charge is 0.274 e. The van der Waals surface area contributed by atoms with Gasteiger partial charge in [0.1, 0.15) is 5.69 Å². The molecule has 2 heterocycles. The third kappa shape index (κ3) is 2.20. The van der Waals surface area contributed by atoms with E-state index in [-0.39, 0.29) is 12.0 Å². The summed E-state index contributed by atoms with van der Waals surface area (Å²) in [4.78, 5) is 14.2. The minimum absolute atomic E-state index is 0.0580. The van der Waals surface area contributed by atoms with Crippen molar-refractivity contribution in [2.45, 2.75) is 25.9 Å². The molecule has 0 saturated carbocycles. The zero-order valence-corrected chi connectivity index (χ0v) is 11.1. The Kier molecular flexibility index (Phi) is 3.56. The zero-order valence-electron chi connectivity index (χ0n) is 11.1. The number of aromatic nitrogens is 2. The van der Waals surface area contributed by atoms with Crippen molar-refractivity contribution >= 4 is 11.6 Å². The standard InChI is InChI=1S/C12H20N4O2/c1-8-10(13)11(15(2)14-8)12(17)16-6-4-5-9(7-16)18-3/h9H,4-7,13H2,1-3H3. The van der Waals surface area contributed by atoms with E-state index in [0.29, 0.717) is 23.6 Å². The van der Waals surface area contributed by atoms with E-state index in [9.17, 15) is 4.79 Å². The van der Waals surface area contributed by atoms with Gasteiger partial charge in [0, 0.05) is 27.2 Å². The van der Waals surface area contributed by atoms with Gasteiger partial charge in [-0.2, -0.15) is 5.10 Å². The molecule has 1 saturated heterocycles. The molecule has 1 aliphatic heterocycles. The van der Waals surface area contributed by atoms with E-state index in [1.54, 1.807) is 30.7 Å². The van der Waals surface area contributed by atoms with Crippen LogP contribution in [0.3, 0.4) is 0 Å². The first-order valence-electron chi connectivity index (χ1n) is 6.15. The number of nitrogens with two attached hydrogens (primary N) is 1. The fraction of sp³-hybridized carbons (Fsp3) is 0.667. The van der Waals surface area contributed by atoms with Crippen LogP contribution in [0.4, 0.5) is 5.69 Å². The number of carbonyl (C=O) groups is 1. The quantitative estimate of drug-likeness (QED) is 0.834. The van der Waals surface area contributed by atoms with Gasteiger partial charge in [0.2, 0.25) is 0 Å². The maximum absolute atomic E-state index is 12.4. The fourth-order valence-corrected chi connectivity index (χ4v) is 2.39. The van der Waals surface area contributed by atoms with Crippen LogP contribution in [0.5, 0.6) is 0 Å². The zero-order chi connectivity index (χ0) is 13.3. The van der Waals surface area contributed by atoms with Crippen LogP contribution < -0.4 is 5.73 Å². The predicted octanol–water partition coefficient (Wildman–Crippen LogP) is 0.562. The van der Waals surface area contributed by atoms with E-state index < -0.39 is 0 Å². The Balaban J connectivity index is 2.20. The van der Waals surface area contributed by atoms with E-state index in [0.717, 1.165) is 19.4 Å². The minimum Gasteiger partial charge on any atom is -0.395 e. The lowest BCUT2D eigenvalue weighted by Crippen LogP contribution is -2.43. The lowest BCUT2D eigenvalue weighted by molar-refractivity contribution is 0.0263.